The highest BCUT2D eigenvalue weighted by Crippen LogP contribution is 2.31. The summed E-state index contributed by atoms with van der Waals surface area (Å²) in [5, 5.41) is 3.42. The number of rotatable bonds is 6. The lowest BCUT2D eigenvalue weighted by Gasteiger charge is -2.22. The summed E-state index contributed by atoms with van der Waals surface area (Å²) < 4.78 is 0. The molecule has 0 radical (unpaired) electrons. The first-order chi connectivity index (χ1) is 9.67. The van der Waals surface area contributed by atoms with Gasteiger partial charge in [0.2, 0.25) is 0 Å². The molecule has 0 unspecified atom stereocenters. The van der Waals surface area contributed by atoms with Gasteiger partial charge in [-0.05, 0) is 41.4 Å². The maximum atomic E-state index is 4.59. The van der Waals surface area contributed by atoms with Crippen LogP contribution in [0.2, 0.25) is 0 Å². The van der Waals surface area contributed by atoms with Crippen molar-refractivity contribution in [2.24, 2.45) is 4.99 Å². The second kappa shape index (κ2) is 6.92. The van der Waals surface area contributed by atoms with E-state index in [1.54, 1.807) is 0 Å². The largest absolute Gasteiger partial charge is 0.372 e. The SMILES string of the molecule is CC[C@H](C)c1cccc([C@@H](C)CC)c1CC1=NCCN1. The van der Waals surface area contributed by atoms with Crippen molar-refractivity contribution in [2.45, 2.75) is 58.8 Å². The summed E-state index contributed by atoms with van der Waals surface area (Å²) in [5.74, 6) is 2.41. The molecular weight excluding hydrogens is 244 g/mol. The average molecular weight is 272 g/mol. The Morgan fingerprint density at radius 3 is 2.15 bits per heavy atom. The molecule has 1 aliphatic heterocycles. The quantitative estimate of drug-likeness (QED) is 0.822. The molecule has 2 rings (SSSR count). The number of aliphatic imine (C=N–C) groups is 1. The second-order valence-corrected chi connectivity index (χ2v) is 5.97. The summed E-state index contributed by atoms with van der Waals surface area (Å²) in [7, 11) is 0. The van der Waals surface area contributed by atoms with Crippen molar-refractivity contribution in [1.29, 1.82) is 0 Å². The van der Waals surface area contributed by atoms with Crippen LogP contribution in [0.4, 0.5) is 0 Å². The van der Waals surface area contributed by atoms with Crippen molar-refractivity contribution in [3.63, 3.8) is 0 Å². The highest BCUT2D eigenvalue weighted by molar-refractivity contribution is 5.86. The fraction of sp³-hybridized carbons (Fsp3) is 0.611. The number of benzene rings is 1. The number of nitrogens with one attached hydrogen (secondary N) is 1. The Morgan fingerprint density at radius 1 is 1.10 bits per heavy atom. The molecule has 1 aromatic rings. The first-order valence-electron chi connectivity index (χ1n) is 8.06. The van der Waals surface area contributed by atoms with Gasteiger partial charge in [-0.2, -0.15) is 0 Å². The number of amidine groups is 1. The van der Waals surface area contributed by atoms with E-state index >= 15 is 0 Å². The minimum Gasteiger partial charge on any atom is -0.372 e. The third kappa shape index (κ3) is 3.23. The smallest absolute Gasteiger partial charge is 0.101 e. The zero-order chi connectivity index (χ0) is 14.5. The van der Waals surface area contributed by atoms with Gasteiger partial charge < -0.3 is 5.32 Å². The predicted octanol–water partition coefficient (Wildman–Crippen LogP) is 4.26. The number of nitrogens with zero attached hydrogens (tertiary/aromatic N) is 1. The Kier molecular flexibility index (Phi) is 5.22. The van der Waals surface area contributed by atoms with E-state index in [1.165, 1.54) is 35.4 Å². The van der Waals surface area contributed by atoms with E-state index in [0.29, 0.717) is 11.8 Å². The maximum absolute atomic E-state index is 4.59. The minimum absolute atomic E-state index is 0.621. The lowest BCUT2D eigenvalue weighted by molar-refractivity contribution is 0.698. The van der Waals surface area contributed by atoms with Crippen LogP contribution in [-0.4, -0.2) is 18.9 Å². The van der Waals surface area contributed by atoms with Crippen molar-refractivity contribution < 1.29 is 0 Å². The lowest BCUT2D eigenvalue weighted by atomic mass is 9.84. The van der Waals surface area contributed by atoms with Gasteiger partial charge in [0.05, 0.1) is 6.54 Å². The summed E-state index contributed by atoms with van der Waals surface area (Å²) in [4.78, 5) is 4.59. The van der Waals surface area contributed by atoms with Crippen LogP contribution in [0.3, 0.4) is 0 Å². The summed E-state index contributed by atoms with van der Waals surface area (Å²) in [6.07, 6.45) is 3.36. The molecular formula is C18H28N2. The van der Waals surface area contributed by atoms with E-state index in [-0.39, 0.29) is 0 Å². The van der Waals surface area contributed by atoms with Crippen LogP contribution in [0.25, 0.3) is 0 Å². The highest BCUT2D eigenvalue weighted by Gasteiger charge is 2.18. The van der Waals surface area contributed by atoms with Gasteiger partial charge >= 0.3 is 0 Å². The molecule has 0 spiro atoms. The minimum atomic E-state index is 0.621. The Balaban J connectivity index is 2.40. The third-order valence-electron chi connectivity index (χ3n) is 4.62. The molecule has 1 N–H and O–H groups in total. The van der Waals surface area contributed by atoms with E-state index < -0.39 is 0 Å². The molecule has 2 atom stereocenters. The Bertz CT molecular complexity index is 448. The predicted molar refractivity (Wildman–Crippen MR) is 87.9 cm³/mol. The van der Waals surface area contributed by atoms with Gasteiger partial charge in [-0.15, -0.1) is 0 Å². The summed E-state index contributed by atoms with van der Waals surface area (Å²) in [6.45, 7) is 11.1. The third-order valence-corrected chi connectivity index (χ3v) is 4.62. The summed E-state index contributed by atoms with van der Waals surface area (Å²) in [6, 6.07) is 6.85. The fourth-order valence-electron chi connectivity index (χ4n) is 2.92. The molecule has 1 aliphatic rings. The number of hydrogen-bond donors (Lipinski definition) is 1. The molecule has 0 saturated carbocycles. The fourth-order valence-corrected chi connectivity index (χ4v) is 2.92. The van der Waals surface area contributed by atoms with E-state index in [9.17, 15) is 0 Å². The van der Waals surface area contributed by atoms with Crippen LogP contribution in [0, 0.1) is 0 Å². The molecule has 1 heterocycles. The molecule has 20 heavy (non-hydrogen) atoms. The van der Waals surface area contributed by atoms with Crippen LogP contribution in [0.5, 0.6) is 0 Å². The molecule has 1 aromatic carbocycles. The molecule has 0 bridgehead atoms. The first kappa shape index (κ1) is 15.1. The van der Waals surface area contributed by atoms with Crippen molar-refractivity contribution in [3.05, 3.63) is 34.9 Å². The second-order valence-electron chi connectivity index (χ2n) is 5.97. The van der Waals surface area contributed by atoms with E-state index in [0.717, 1.165) is 19.5 Å². The number of hydrogen-bond acceptors (Lipinski definition) is 2. The van der Waals surface area contributed by atoms with Crippen LogP contribution < -0.4 is 5.32 Å². The standard InChI is InChI=1S/C18H28N2/c1-5-13(3)15-8-7-9-16(14(4)6-2)17(15)12-18-19-10-11-20-18/h7-9,13-14H,5-6,10-12H2,1-4H3,(H,19,20)/t13-,14-/m0/s1. The Hall–Kier alpha value is -1.31. The van der Waals surface area contributed by atoms with Crippen molar-refractivity contribution in [2.75, 3.05) is 13.1 Å². The van der Waals surface area contributed by atoms with Crippen LogP contribution in [0.15, 0.2) is 23.2 Å². The Morgan fingerprint density at radius 2 is 1.70 bits per heavy atom. The molecule has 110 valence electrons. The first-order valence-corrected chi connectivity index (χ1v) is 8.06. The topological polar surface area (TPSA) is 24.4 Å². The van der Waals surface area contributed by atoms with Crippen LogP contribution >= 0.6 is 0 Å². The van der Waals surface area contributed by atoms with Gasteiger partial charge in [-0.3, -0.25) is 4.99 Å². The monoisotopic (exact) mass is 272 g/mol. The van der Waals surface area contributed by atoms with E-state index in [4.69, 9.17) is 0 Å². The molecule has 0 aliphatic carbocycles. The molecule has 0 aromatic heterocycles. The van der Waals surface area contributed by atoms with Crippen molar-refractivity contribution >= 4 is 5.84 Å². The zero-order valence-electron chi connectivity index (χ0n) is 13.4. The normalized spacial score (nSPS) is 17.5. The Labute approximate surface area is 123 Å². The van der Waals surface area contributed by atoms with Crippen LogP contribution in [0.1, 0.15) is 69.1 Å². The van der Waals surface area contributed by atoms with Crippen molar-refractivity contribution in [3.8, 4) is 0 Å². The van der Waals surface area contributed by atoms with E-state index in [2.05, 4.69) is 56.2 Å². The van der Waals surface area contributed by atoms with Gasteiger partial charge in [0.25, 0.3) is 0 Å². The van der Waals surface area contributed by atoms with Crippen molar-refractivity contribution in [1.82, 2.24) is 5.32 Å². The summed E-state index contributed by atoms with van der Waals surface area (Å²) in [5.41, 5.74) is 4.55. The molecule has 2 heteroatoms. The highest BCUT2D eigenvalue weighted by atomic mass is 15.1. The molecule has 0 fully saturated rings. The van der Waals surface area contributed by atoms with E-state index in [1.807, 2.05) is 0 Å². The average Bonchev–Trinajstić information content (AvgIpc) is 2.98. The maximum Gasteiger partial charge on any atom is 0.101 e. The van der Waals surface area contributed by atoms with Gasteiger partial charge in [-0.1, -0.05) is 45.9 Å². The van der Waals surface area contributed by atoms with Crippen LogP contribution in [-0.2, 0) is 6.42 Å². The van der Waals surface area contributed by atoms with Gasteiger partial charge in [0, 0.05) is 13.0 Å². The van der Waals surface area contributed by atoms with Gasteiger partial charge in [0.15, 0.2) is 0 Å². The molecule has 0 amide bonds. The van der Waals surface area contributed by atoms with Gasteiger partial charge in [0.1, 0.15) is 5.84 Å². The lowest BCUT2D eigenvalue weighted by Crippen LogP contribution is -2.22. The van der Waals surface area contributed by atoms with Gasteiger partial charge in [-0.25, -0.2) is 0 Å². The summed E-state index contributed by atoms with van der Waals surface area (Å²) >= 11 is 0. The zero-order valence-corrected chi connectivity index (χ0v) is 13.4. The molecule has 0 saturated heterocycles. The molecule has 2 nitrogen and oxygen atoms in total.